The van der Waals surface area contributed by atoms with Gasteiger partial charge in [-0.15, -0.1) is 0 Å². The molecule has 1 heterocycles. The summed E-state index contributed by atoms with van der Waals surface area (Å²) >= 11 is 0. The Hall–Kier alpha value is -0.120. The topological polar surface area (TPSA) is 26.7 Å². The molecule has 0 aliphatic carbocycles. The summed E-state index contributed by atoms with van der Waals surface area (Å²) in [5.74, 6) is 0. The summed E-state index contributed by atoms with van der Waals surface area (Å²) < 4.78 is 0. The van der Waals surface area contributed by atoms with E-state index in [9.17, 15) is 0 Å². The van der Waals surface area contributed by atoms with E-state index in [4.69, 9.17) is 5.11 Å². The lowest BCUT2D eigenvalue weighted by molar-refractivity contribution is 0.0830. The molecule has 3 heteroatoms. The average molecular weight is 200 g/mol. The third kappa shape index (κ3) is 2.10. The number of aliphatic hydroxyl groups is 1. The fraction of sp³-hybridized carbons (Fsp3) is 1.00. The van der Waals surface area contributed by atoms with Gasteiger partial charge >= 0.3 is 0 Å². The molecule has 0 bridgehead atoms. The number of likely N-dealkylation sites (N-methyl/N-ethyl adjacent to an activating group) is 1. The standard InChI is InChI=1S/C11H24N2O/c1-5-12(4)10-6-7-13(8-9-14)11(10,2)3/h10,14H,5-9H2,1-4H3. The molecule has 1 rings (SSSR count). The van der Waals surface area contributed by atoms with Crippen molar-refractivity contribution >= 4 is 0 Å². The highest BCUT2D eigenvalue weighted by Gasteiger charge is 2.42. The summed E-state index contributed by atoms with van der Waals surface area (Å²) in [4.78, 5) is 4.81. The number of hydrogen-bond acceptors (Lipinski definition) is 3. The molecule has 1 saturated heterocycles. The van der Waals surface area contributed by atoms with Crippen molar-refractivity contribution in [2.45, 2.75) is 38.8 Å². The van der Waals surface area contributed by atoms with E-state index in [1.54, 1.807) is 0 Å². The van der Waals surface area contributed by atoms with Gasteiger partial charge in [0, 0.05) is 24.7 Å². The smallest absolute Gasteiger partial charge is 0.0558 e. The van der Waals surface area contributed by atoms with Crippen molar-refractivity contribution in [1.82, 2.24) is 9.80 Å². The van der Waals surface area contributed by atoms with Crippen LogP contribution in [0, 0.1) is 0 Å². The highest BCUT2D eigenvalue weighted by molar-refractivity contribution is 5.00. The zero-order valence-corrected chi connectivity index (χ0v) is 9.95. The molecule has 1 aliphatic heterocycles. The number of nitrogens with zero attached hydrogens (tertiary/aromatic N) is 2. The van der Waals surface area contributed by atoms with Gasteiger partial charge in [-0.3, -0.25) is 4.90 Å². The molecule has 84 valence electrons. The SMILES string of the molecule is CCN(C)C1CCN(CCO)C1(C)C. The van der Waals surface area contributed by atoms with Crippen LogP contribution in [0.1, 0.15) is 27.2 Å². The van der Waals surface area contributed by atoms with E-state index in [2.05, 4.69) is 37.6 Å². The van der Waals surface area contributed by atoms with Crippen LogP contribution in [0.15, 0.2) is 0 Å². The van der Waals surface area contributed by atoms with Gasteiger partial charge in [-0.25, -0.2) is 0 Å². The van der Waals surface area contributed by atoms with Crippen LogP contribution in [0.3, 0.4) is 0 Å². The largest absolute Gasteiger partial charge is 0.395 e. The van der Waals surface area contributed by atoms with Gasteiger partial charge in [-0.1, -0.05) is 6.92 Å². The Bertz CT molecular complexity index is 182. The number of rotatable bonds is 4. The first-order chi connectivity index (χ1) is 6.54. The summed E-state index contributed by atoms with van der Waals surface area (Å²) in [7, 11) is 2.19. The van der Waals surface area contributed by atoms with Gasteiger partial charge < -0.3 is 10.0 Å². The molecule has 0 spiro atoms. The minimum absolute atomic E-state index is 0.202. The molecular weight excluding hydrogens is 176 g/mol. The molecule has 1 aliphatic rings. The monoisotopic (exact) mass is 200 g/mol. The van der Waals surface area contributed by atoms with Gasteiger partial charge in [-0.2, -0.15) is 0 Å². The number of hydrogen-bond donors (Lipinski definition) is 1. The third-order valence-corrected chi connectivity index (χ3v) is 3.70. The predicted molar refractivity (Wildman–Crippen MR) is 59.4 cm³/mol. The number of likely N-dealkylation sites (tertiary alicyclic amines) is 1. The van der Waals surface area contributed by atoms with Crippen LogP contribution in [0.4, 0.5) is 0 Å². The maximum Gasteiger partial charge on any atom is 0.0558 e. The molecule has 0 aromatic carbocycles. The van der Waals surface area contributed by atoms with Gasteiger partial charge in [0.1, 0.15) is 0 Å². The van der Waals surface area contributed by atoms with Crippen molar-refractivity contribution in [3.8, 4) is 0 Å². The van der Waals surface area contributed by atoms with Crippen LogP contribution >= 0.6 is 0 Å². The lowest BCUT2D eigenvalue weighted by atomic mass is 9.94. The lowest BCUT2D eigenvalue weighted by Crippen LogP contribution is -2.51. The van der Waals surface area contributed by atoms with Crippen molar-refractivity contribution in [2.24, 2.45) is 0 Å². The minimum Gasteiger partial charge on any atom is -0.395 e. The Kier molecular flexibility index (Phi) is 3.93. The first-order valence-corrected chi connectivity index (χ1v) is 5.60. The first kappa shape index (κ1) is 12.0. The van der Waals surface area contributed by atoms with Gasteiger partial charge in [0.25, 0.3) is 0 Å². The molecule has 0 saturated carbocycles. The second-order valence-electron chi connectivity index (χ2n) is 4.74. The fourth-order valence-electron chi connectivity index (χ4n) is 2.63. The Labute approximate surface area is 87.7 Å². The van der Waals surface area contributed by atoms with Crippen LogP contribution in [0.5, 0.6) is 0 Å². The molecule has 0 aromatic rings. The Morgan fingerprint density at radius 1 is 1.50 bits per heavy atom. The van der Waals surface area contributed by atoms with Crippen molar-refractivity contribution in [3.63, 3.8) is 0 Å². The summed E-state index contributed by atoms with van der Waals surface area (Å²) in [6.45, 7) is 10.1. The van der Waals surface area contributed by atoms with Crippen molar-refractivity contribution in [3.05, 3.63) is 0 Å². The number of β-amino-alcohol motifs (C(OH)–C–C–N with tert-alkyl or cyclic N) is 1. The van der Waals surface area contributed by atoms with E-state index in [1.807, 2.05) is 0 Å². The molecule has 14 heavy (non-hydrogen) atoms. The number of aliphatic hydroxyl groups excluding tert-OH is 1. The van der Waals surface area contributed by atoms with Gasteiger partial charge in [0.15, 0.2) is 0 Å². The van der Waals surface area contributed by atoms with E-state index >= 15 is 0 Å². The molecule has 1 fully saturated rings. The lowest BCUT2D eigenvalue weighted by Gasteiger charge is -2.39. The minimum atomic E-state index is 0.202. The molecule has 1 N–H and O–H groups in total. The van der Waals surface area contributed by atoms with E-state index < -0.39 is 0 Å². The van der Waals surface area contributed by atoms with Crippen molar-refractivity contribution in [2.75, 3.05) is 33.3 Å². The summed E-state index contributed by atoms with van der Waals surface area (Å²) in [6.07, 6.45) is 1.22. The molecule has 0 radical (unpaired) electrons. The molecule has 3 nitrogen and oxygen atoms in total. The van der Waals surface area contributed by atoms with Crippen LogP contribution in [0.25, 0.3) is 0 Å². The zero-order chi connectivity index (χ0) is 10.8. The molecule has 1 atom stereocenters. The predicted octanol–water partition coefficient (Wildman–Crippen LogP) is 0.783. The molecule has 0 aromatic heterocycles. The second kappa shape index (κ2) is 4.60. The van der Waals surface area contributed by atoms with Gasteiger partial charge in [-0.05, 0) is 33.9 Å². The summed E-state index contributed by atoms with van der Waals surface area (Å²) in [5.41, 5.74) is 0.202. The van der Waals surface area contributed by atoms with Crippen LogP contribution in [-0.2, 0) is 0 Å². The van der Waals surface area contributed by atoms with Crippen molar-refractivity contribution in [1.29, 1.82) is 0 Å². The average Bonchev–Trinajstić information content (AvgIpc) is 2.42. The zero-order valence-electron chi connectivity index (χ0n) is 9.95. The molecule has 0 amide bonds. The maximum absolute atomic E-state index is 8.99. The summed E-state index contributed by atoms with van der Waals surface area (Å²) in [6, 6.07) is 0.624. The Morgan fingerprint density at radius 2 is 2.14 bits per heavy atom. The Morgan fingerprint density at radius 3 is 2.64 bits per heavy atom. The van der Waals surface area contributed by atoms with Gasteiger partial charge in [0.05, 0.1) is 6.61 Å². The van der Waals surface area contributed by atoms with Crippen LogP contribution in [-0.4, -0.2) is 59.8 Å². The molecular formula is C11H24N2O. The normalized spacial score (nSPS) is 27.4. The fourth-order valence-corrected chi connectivity index (χ4v) is 2.63. The second-order valence-corrected chi connectivity index (χ2v) is 4.74. The van der Waals surface area contributed by atoms with E-state index in [-0.39, 0.29) is 12.1 Å². The van der Waals surface area contributed by atoms with Gasteiger partial charge in [0.2, 0.25) is 0 Å². The third-order valence-electron chi connectivity index (χ3n) is 3.70. The molecule has 1 unspecified atom stereocenters. The van der Waals surface area contributed by atoms with Crippen molar-refractivity contribution < 1.29 is 5.11 Å². The van der Waals surface area contributed by atoms with E-state index in [1.165, 1.54) is 6.42 Å². The highest BCUT2D eigenvalue weighted by Crippen LogP contribution is 2.31. The summed E-state index contributed by atoms with van der Waals surface area (Å²) in [5, 5.41) is 8.99. The van der Waals surface area contributed by atoms with E-state index in [0.29, 0.717) is 6.04 Å². The quantitative estimate of drug-likeness (QED) is 0.726. The van der Waals surface area contributed by atoms with Crippen LogP contribution < -0.4 is 0 Å². The van der Waals surface area contributed by atoms with E-state index in [0.717, 1.165) is 19.6 Å². The highest BCUT2D eigenvalue weighted by atomic mass is 16.3. The first-order valence-electron chi connectivity index (χ1n) is 5.60. The Balaban J connectivity index is 2.65. The van der Waals surface area contributed by atoms with Crippen LogP contribution in [0.2, 0.25) is 0 Å². The maximum atomic E-state index is 8.99.